The van der Waals surface area contributed by atoms with Gasteiger partial charge in [0.25, 0.3) is 5.56 Å². The predicted molar refractivity (Wildman–Crippen MR) is 122 cm³/mol. The molecule has 0 bridgehead atoms. The van der Waals surface area contributed by atoms with E-state index in [1.807, 2.05) is 56.3 Å². The predicted octanol–water partition coefficient (Wildman–Crippen LogP) is 4.88. The first kappa shape index (κ1) is 21.6. The van der Waals surface area contributed by atoms with Crippen LogP contribution in [0, 0.1) is 12.8 Å². The van der Waals surface area contributed by atoms with Gasteiger partial charge in [-0.15, -0.1) is 0 Å². The summed E-state index contributed by atoms with van der Waals surface area (Å²) in [5, 5.41) is 3.61. The fourth-order valence-corrected chi connectivity index (χ4v) is 3.52. The zero-order valence-electron chi connectivity index (χ0n) is 18.3. The molecule has 3 rings (SSSR count). The molecule has 158 valence electrons. The van der Waals surface area contributed by atoms with Crippen molar-refractivity contribution >= 4 is 22.6 Å². The van der Waals surface area contributed by atoms with E-state index in [1.165, 1.54) is 0 Å². The van der Waals surface area contributed by atoms with E-state index in [2.05, 4.69) is 19.2 Å². The second-order valence-electron chi connectivity index (χ2n) is 8.15. The van der Waals surface area contributed by atoms with Crippen LogP contribution in [-0.2, 0) is 7.05 Å². The van der Waals surface area contributed by atoms with Crippen LogP contribution < -0.4 is 10.9 Å². The fourth-order valence-electron chi connectivity index (χ4n) is 3.52. The lowest BCUT2D eigenvalue weighted by atomic mass is 10.1. The quantitative estimate of drug-likeness (QED) is 0.634. The average molecular weight is 407 g/mol. The highest BCUT2D eigenvalue weighted by Gasteiger charge is 2.26. The van der Waals surface area contributed by atoms with Crippen molar-refractivity contribution in [2.24, 2.45) is 13.0 Å². The van der Waals surface area contributed by atoms with Crippen LogP contribution in [0.25, 0.3) is 10.9 Å². The van der Waals surface area contributed by atoms with Crippen molar-refractivity contribution < 1.29 is 4.79 Å². The molecule has 0 radical (unpaired) electrons. The Bertz CT molecular complexity index is 1100. The number of aromatic nitrogens is 2. The zero-order chi connectivity index (χ0) is 21.8. The second-order valence-corrected chi connectivity index (χ2v) is 8.15. The molecule has 2 amide bonds. The van der Waals surface area contributed by atoms with Gasteiger partial charge in [0.15, 0.2) is 0 Å². The van der Waals surface area contributed by atoms with Crippen LogP contribution in [0.5, 0.6) is 0 Å². The molecule has 2 aromatic carbocycles. The smallest absolute Gasteiger partial charge is 0.315 e. The third-order valence-corrected chi connectivity index (χ3v) is 5.45. The third kappa shape index (κ3) is 4.53. The standard InChI is InChI=1S/C24H30N4O2/c1-16(2)14-15-28(24(30)26-20-12-8-6-10-17(20)3)18(4)22-25-21-13-9-7-11-19(21)23(29)27(22)5/h6-13,16,18H,14-15H2,1-5H3,(H,26,30). The van der Waals surface area contributed by atoms with Gasteiger partial charge in [-0.2, -0.15) is 0 Å². The number of carbonyl (C=O) groups is 1. The first-order valence-corrected chi connectivity index (χ1v) is 10.4. The summed E-state index contributed by atoms with van der Waals surface area (Å²) in [6.45, 7) is 8.72. The monoisotopic (exact) mass is 406 g/mol. The number of hydrogen-bond donors (Lipinski definition) is 1. The molecule has 1 heterocycles. The maximum Gasteiger partial charge on any atom is 0.322 e. The van der Waals surface area contributed by atoms with Gasteiger partial charge in [-0.3, -0.25) is 9.36 Å². The minimum absolute atomic E-state index is 0.106. The highest BCUT2D eigenvalue weighted by molar-refractivity contribution is 5.90. The maximum absolute atomic E-state index is 13.3. The molecule has 3 aromatic rings. The van der Waals surface area contributed by atoms with Crippen LogP contribution in [0.4, 0.5) is 10.5 Å². The summed E-state index contributed by atoms with van der Waals surface area (Å²) in [6, 6.07) is 14.4. The second kappa shape index (κ2) is 9.11. The van der Waals surface area contributed by atoms with E-state index in [0.29, 0.717) is 29.2 Å². The van der Waals surface area contributed by atoms with Crippen LogP contribution in [0.1, 0.15) is 44.6 Å². The molecule has 30 heavy (non-hydrogen) atoms. The third-order valence-electron chi connectivity index (χ3n) is 5.45. The Morgan fingerprint density at radius 2 is 1.77 bits per heavy atom. The molecule has 0 aliphatic heterocycles. The van der Waals surface area contributed by atoms with E-state index in [1.54, 1.807) is 22.6 Å². The van der Waals surface area contributed by atoms with E-state index in [9.17, 15) is 9.59 Å². The number of aryl methyl sites for hydroxylation is 1. The number of anilines is 1. The Balaban J connectivity index is 1.98. The summed E-state index contributed by atoms with van der Waals surface area (Å²) in [7, 11) is 1.72. The highest BCUT2D eigenvalue weighted by Crippen LogP contribution is 2.23. The van der Waals surface area contributed by atoms with Crippen LogP contribution in [-0.4, -0.2) is 27.0 Å². The Morgan fingerprint density at radius 1 is 1.10 bits per heavy atom. The summed E-state index contributed by atoms with van der Waals surface area (Å²) in [6.07, 6.45) is 0.854. The lowest BCUT2D eigenvalue weighted by Crippen LogP contribution is -2.40. The number of rotatable bonds is 6. The molecule has 0 fully saturated rings. The van der Waals surface area contributed by atoms with E-state index in [0.717, 1.165) is 17.7 Å². The Morgan fingerprint density at radius 3 is 2.47 bits per heavy atom. The molecule has 1 N–H and O–H groups in total. The van der Waals surface area contributed by atoms with Crippen molar-refractivity contribution in [3.63, 3.8) is 0 Å². The Labute approximate surface area is 177 Å². The van der Waals surface area contributed by atoms with Crippen molar-refractivity contribution in [3.05, 3.63) is 70.3 Å². The van der Waals surface area contributed by atoms with Gasteiger partial charge in [-0.1, -0.05) is 44.2 Å². The fraction of sp³-hybridized carbons (Fsp3) is 0.375. The molecular formula is C24H30N4O2. The summed E-state index contributed by atoms with van der Waals surface area (Å²) in [4.78, 5) is 32.6. The van der Waals surface area contributed by atoms with E-state index in [4.69, 9.17) is 4.98 Å². The minimum Gasteiger partial charge on any atom is -0.315 e. The summed E-state index contributed by atoms with van der Waals surface area (Å²) in [5.74, 6) is 1.02. The number of amides is 2. The Kier molecular flexibility index (Phi) is 6.55. The zero-order valence-corrected chi connectivity index (χ0v) is 18.3. The first-order chi connectivity index (χ1) is 14.3. The molecule has 0 saturated carbocycles. The normalized spacial score (nSPS) is 12.2. The Hall–Kier alpha value is -3.15. The van der Waals surface area contributed by atoms with Gasteiger partial charge in [0.1, 0.15) is 5.82 Å². The van der Waals surface area contributed by atoms with Crippen molar-refractivity contribution in [1.82, 2.24) is 14.5 Å². The molecule has 1 atom stereocenters. The number of fused-ring (bicyclic) bond motifs is 1. The van der Waals surface area contributed by atoms with E-state index < -0.39 is 0 Å². The van der Waals surface area contributed by atoms with Crippen LogP contribution >= 0.6 is 0 Å². The summed E-state index contributed by atoms with van der Waals surface area (Å²) >= 11 is 0. The van der Waals surface area contributed by atoms with Crippen molar-refractivity contribution in [1.29, 1.82) is 0 Å². The van der Waals surface area contributed by atoms with Gasteiger partial charge in [-0.05, 0) is 49.9 Å². The molecular weight excluding hydrogens is 376 g/mol. The molecule has 1 unspecified atom stereocenters. The number of urea groups is 1. The van der Waals surface area contributed by atoms with Gasteiger partial charge in [-0.25, -0.2) is 9.78 Å². The van der Waals surface area contributed by atoms with Gasteiger partial charge >= 0.3 is 6.03 Å². The molecule has 0 saturated heterocycles. The number of benzene rings is 2. The van der Waals surface area contributed by atoms with Gasteiger partial charge < -0.3 is 10.2 Å². The lowest BCUT2D eigenvalue weighted by Gasteiger charge is -2.31. The molecule has 0 aliphatic carbocycles. The van der Waals surface area contributed by atoms with Crippen LogP contribution in [0.15, 0.2) is 53.3 Å². The number of carbonyl (C=O) groups excluding carboxylic acids is 1. The van der Waals surface area contributed by atoms with Gasteiger partial charge in [0.05, 0.1) is 16.9 Å². The lowest BCUT2D eigenvalue weighted by molar-refractivity contribution is 0.184. The van der Waals surface area contributed by atoms with E-state index in [-0.39, 0.29) is 17.6 Å². The number of hydrogen-bond acceptors (Lipinski definition) is 3. The van der Waals surface area contributed by atoms with Crippen molar-refractivity contribution in [3.8, 4) is 0 Å². The summed E-state index contributed by atoms with van der Waals surface area (Å²) < 4.78 is 1.55. The largest absolute Gasteiger partial charge is 0.322 e. The van der Waals surface area contributed by atoms with Crippen LogP contribution in [0.2, 0.25) is 0 Å². The molecule has 0 spiro atoms. The van der Waals surface area contributed by atoms with Crippen molar-refractivity contribution in [2.75, 3.05) is 11.9 Å². The highest BCUT2D eigenvalue weighted by atomic mass is 16.2. The number of nitrogens with zero attached hydrogens (tertiary/aromatic N) is 3. The molecule has 6 heteroatoms. The average Bonchev–Trinajstić information content (AvgIpc) is 2.72. The molecule has 1 aromatic heterocycles. The molecule has 6 nitrogen and oxygen atoms in total. The van der Waals surface area contributed by atoms with Crippen LogP contribution in [0.3, 0.4) is 0 Å². The van der Waals surface area contributed by atoms with E-state index >= 15 is 0 Å². The number of para-hydroxylation sites is 2. The first-order valence-electron chi connectivity index (χ1n) is 10.4. The van der Waals surface area contributed by atoms with Crippen molar-refractivity contribution in [2.45, 2.75) is 40.2 Å². The maximum atomic E-state index is 13.3. The van der Waals surface area contributed by atoms with Gasteiger partial charge in [0, 0.05) is 19.3 Å². The molecule has 0 aliphatic rings. The SMILES string of the molecule is Cc1ccccc1NC(=O)N(CCC(C)C)C(C)c1nc2ccccc2c(=O)n1C. The topological polar surface area (TPSA) is 67.2 Å². The minimum atomic E-state index is -0.366. The number of nitrogens with one attached hydrogen (secondary N) is 1. The van der Waals surface area contributed by atoms with Gasteiger partial charge in [0.2, 0.25) is 0 Å². The summed E-state index contributed by atoms with van der Waals surface area (Å²) in [5.41, 5.74) is 2.32.